The Hall–Kier alpha value is -6.40. The molecule has 0 bridgehead atoms. The summed E-state index contributed by atoms with van der Waals surface area (Å²) in [4.78, 5) is 27.7. The summed E-state index contributed by atoms with van der Waals surface area (Å²) in [5.41, 5.74) is 11.8. The van der Waals surface area contributed by atoms with Crippen LogP contribution < -0.4 is 0 Å². The molecule has 0 aliphatic heterocycles. The number of fused-ring (bicyclic) bond motifs is 5. The van der Waals surface area contributed by atoms with Crippen LogP contribution in [0.25, 0.3) is 88.5 Å². The van der Waals surface area contributed by atoms with Gasteiger partial charge >= 0.3 is 0 Å². The van der Waals surface area contributed by atoms with E-state index < -0.39 is 0 Å². The van der Waals surface area contributed by atoms with Gasteiger partial charge in [0, 0.05) is 51.9 Å². The van der Waals surface area contributed by atoms with Gasteiger partial charge in [-0.2, -0.15) is 0 Å². The van der Waals surface area contributed by atoms with Gasteiger partial charge in [0.2, 0.25) is 0 Å². The Morgan fingerprint density at radius 2 is 1.11 bits per heavy atom. The van der Waals surface area contributed by atoms with Crippen molar-refractivity contribution in [1.29, 1.82) is 0 Å². The van der Waals surface area contributed by atoms with Crippen LogP contribution in [0, 0.1) is 0 Å². The molecule has 6 nitrogen and oxygen atoms in total. The monoisotopic (exact) mass is 588 g/mol. The van der Waals surface area contributed by atoms with Gasteiger partial charge in [0.1, 0.15) is 5.69 Å². The van der Waals surface area contributed by atoms with Crippen LogP contribution in [-0.4, -0.2) is 29.9 Å². The van der Waals surface area contributed by atoms with Gasteiger partial charge in [0.15, 0.2) is 0 Å². The number of pyridine rings is 4. The summed E-state index contributed by atoms with van der Waals surface area (Å²) >= 11 is 0. The lowest BCUT2D eigenvalue weighted by Crippen LogP contribution is -1.90. The van der Waals surface area contributed by atoms with Crippen molar-refractivity contribution < 1.29 is 0 Å². The Bertz CT molecular complexity index is 2580. The molecule has 0 amide bonds. The summed E-state index contributed by atoms with van der Waals surface area (Å²) in [6, 6.07) is 40.1. The highest BCUT2D eigenvalue weighted by Gasteiger charge is 2.12. The van der Waals surface area contributed by atoms with E-state index in [0.717, 1.165) is 88.5 Å². The lowest BCUT2D eigenvalue weighted by Gasteiger charge is -2.11. The zero-order valence-electron chi connectivity index (χ0n) is 24.5. The standard InChI is InChI=1S/C40H24N6/c1-3-31-22-33(32-4-2-18-44-40(32)39(31)43-17-1)25-5-7-26(8-6-25)34-15-13-30-21-28(12-14-35(30)45-34)29-10-9-27-11-16-36(46-37(27)23-29)38-24-41-19-20-42-38/h1-24H. The van der Waals surface area contributed by atoms with E-state index in [4.69, 9.17) is 9.97 Å². The third kappa shape index (κ3) is 4.52. The van der Waals surface area contributed by atoms with Gasteiger partial charge in [-0.05, 0) is 70.8 Å². The lowest BCUT2D eigenvalue weighted by molar-refractivity contribution is 1.19. The second-order valence-electron chi connectivity index (χ2n) is 11.3. The molecule has 5 aromatic heterocycles. The van der Waals surface area contributed by atoms with Gasteiger partial charge in [-0.1, -0.05) is 66.7 Å². The van der Waals surface area contributed by atoms with E-state index in [1.807, 2.05) is 30.6 Å². The molecule has 214 valence electrons. The molecule has 0 atom stereocenters. The molecule has 46 heavy (non-hydrogen) atoms. The van der Waals surface area contributed by atoms with Crippen molar-refractivity contribution in [2.75, 3.05) is 0 Å². The lowest BCUT2D eigenvalue weighted by atomic mass is 9.96. The van der Waals surface area contributed by atoms with E-state index in [2.05, 4.69) is 117 Å². The first-order valence-corrected chi connectivity index (χ1v) is 15.1. The average molecular weight is 589 g/mol. The van der Waals surface area contributed by atoms with Crippen LogP contribution in [-0.2, 0) is 0 Å². The van der Waals surface area contributed by atoms with Crippen LogP contribution >= 0.6 is 0 Å². The third-order valence-corrected chi connectivity index (χ3v) is 8.49. The molecule has 0 spiro atoms. The predicted octanol–water partition coefficient (Wildman–Crippen LogP) is 9.34. The van der Waals surface area contributed by atoms with Gasteiger partial charge in [0.25, 0.3) is 0 Å². The number of nitrogens with zero attached hydrogens (tertiary/aromatic N) is 6. The van der Waals surface area contributed by atoms with Crippen LogP contribution in [0.3, 0.4) is 0 Å². The second kappa shape index (κ2) is 10.6. The summed E-state index contributed by atoms with van der Waals surface area (Å²) in [6.45, 7) is 0. The van der Waals surface area contributed by atoms with E-state index in [1.54, 1.807) is 18.6 Å². The molecule has 0 aliphatic carbocycles. The molecule has 0 saturated carbocycles. The SMILES string of the molecule is c1cnc2c(c1)cc(-c1ccc(-c3ccc4cc(-c5ccc6ccc(-c7cnccn7)nc6c5)ccc4n3)cc1)c1cccnc12. The molecule has 4 aromatic carbocycles. The molecule has 0 N–H and O–H groups in total. The highest BCUT2D eigenvalue weighted by atomic mass is 14.8. The highest BCUT2D eigenvalue weighted by molar-refractivity contribution is 6.10. The Balaban J connectivity index is 1.03. The van der Waals surface area contributed by atoms with Crippen molar-refractivity contribution in [2.24, 2.45) is 0 Å². The molecule has 0 fully saturated rings. The summed E-state index contributed by atoms with van der Waals surface area (Å²) in [7, 11) is 0. The zero-order valence-corrected chi connectivity index (χ0v) is 24.5. The van der Waals surface area contributed by atoms with E-state index >= 15 is 0 Å². The van der Waals surface area contributed by atoms with E-state index in [-0.39, 0.29) is 0 Å². The fourth-order valence-electron chi connectivity index (χ4n) is 6.17. The molecule has 0 radical (unpaired) electrons. The first-order chi connectivity index (χ1) is 22.8. The molecule has 9 rings (SSSR count). The molecular formula is C40H24N6. The van der Waals surface area contributed by atoms with Gasteiger partial charge < -0.3 is 0 Å². The normalized spacial score (nSPS) is 11.5. The molecule has 0 aliphatic rings. The van der Waals surface area contributed by atoms with Crippen LogP contribution in [0.5, 0.6) is 0 Å². The first kappa shape index (κ1) is 26.0. The smallest absolute Gasteiger partial charge is 0.107 e. The maximum atomic E-state index is 5.03. The molecule has 9 aromatic rings. The minimum absolute atomic E-state index is 0.758. The summed E-state index contributed by atoms with van der Waals surface area (Å²) in [5.74, 6) is 0. The summed E-state index contributed by atoms with van der Waals surface area (Å²) < 4.78 is 0. The van der Waals surface area contributed by atoms with Crippen molar-refractivity contribution in [3.8, 4) is 44.9 Å². The fraction of sp³-hybridized carbons (Fsp3) is 0. The Morgan fingerprint density at radius 3 is 2.00 bits per heavy atom. The van der Waals surface area contributed by atoms with Gasteiger partial charge in [-0.3, -0.25) is 19.9 Å². The fourth-order valence-corrected chi connectivity index (χ4v) is 6.17. The summed E-state index contributed by atoms with van der Waals surface area (Å²) in [6.07, 6.45) is 8.74. The number of benzene rings is 4. The van der Waals surface area contributed by atoms with Crippen molar-refractivity contribution in [3.63, 3.8) is 0 Å². The van der Waals surface area contributed by atoms with Gasteiger partial charge in [-0.15, -0.1) is 0 Å². The number of rotatable bonds is 4. The number of hydrogen-bond acceptors (Lipinski definition) is 6. The number of aromatic nitrogens is 6. The van der Waals surface area contributed by atoms with Crippen molar-refractivity contribution >= 4 is 43.6 Å². The van der Waals surface area contributed by atoms with Gasteiger partial charge in [0.05, 0.1) is 39.7 Å². The molecular weight excluding hydrogens is 564 g/mol. The van der Waals surface area contributed by atoms with E-state index in [0.29, 0.717) is 0 Å². The van der Waals surface area contributed by atoms with Crippen LogP contribution in [0.15, 0.2) is 146 Å². The second-order valence-corrected chi connectivity index (χ2v) is 11.3. The maximum Gasteiger partial charge on any atom is 0.107 e. The number of hydrogen-bond donors (Lipinski definition) is 0. The van der Waals surface area contributed by atoms with Crippen LogP contribution in [0.4, 0.5) is 0 Å². The van der Waals surface area contributed by atoms with Crippen molar-refractivity contribution in [1.82, 2.24) is 29.9 Å². The minimum atomic E-state index is 0.758. The zero-order chi connectivity index (χ0) is 30.5. The predicted molar refractivity (Wildman–Crippen MR) is 185 cm³/mol. The molecule has 6 heteroatoms. The Labute approximate surface area is 264 Å². The van der Waals surface area contributed by atoms with Crippen LogP contribution in [0.1, 0.15) is 0 Å². The van der Waals surface area contributed by atoms with Crippen LogP contribution in [0.2, 0.25) is 0 Å². The van der Waals surface area contributed by atoms with Crippen molar-refractivity contribution in [2.45, 2.75) is 0 Å². The van der Waals surface area contributed by atoms with Gasteiger partial charge in [-0.25, -0.2) is 9.97 Å². The van der Waals surface area contributed by atoms with E-state index in [9.17, 15) is 0 Å². The average Bonchev–Trinajstić information content (AvgIpc) is 3.14. The maximum absolute atomic E-state index is 5.03. The minimum Gasteiger partial charge on any atom is -0.261 e. The summed E-state index contributed by atoms with van der Waals surface area (Å²) in [5, 5.41) is 4.34. The van der Waals surface area contributed by atoms with Crippen molar-refractivity contribution in [3.05, 3.63) is 146 Å². The quantitative estimate of drug-likeness (QED) is 0.191. The molecule has 0 unspecified atom stereocenters. The Morgan fingerprint density at radius 1 is 0.391 bits per heavy atom. The highest BCUT2D eigenvalue weighted by Crippen LogP contribution is 2.34. The molecule has 5 heterocycles. The largest absolute Gasteiger partial charge is 0.261 e. The Kier molecular flexibility index (Phi) is 6.03. The topological polar surface area (TPSA) is 77.3 Å². The first-order valence-electron chi connectivity index (χ1n) is 15.1. The third-order valence-electron chi connectivity index (χ3n) is 8.49. The van der Waals surface area contributed by atoms with E-state index in [1.165, 1.54) is 0 Å². The molecule has 0 saturated heterocycles.